The summed E-state index contributed by atoms with van der Waals surface area (Å²) >= 11 is 0. The van der Waals surface area contributed by atoms with Crippen LogP contribution in [0.15, 0.2) is 212 Å². The summed E-state index contributed by atoms with van der Waals surface area (Å²) in [4.78, 5) is 15.9. The summed E-state index contributed by atoms with van der Waals surface area (Å²) in [5.74, 6) is 0.731. The van der Waals surface area contributed by atoms with Crippen LogP contribution in [0.2, 0.25) is 0 Å². The van der Waals surface area contributed by atoms with Gasteiger partial charge in [0.2, 0.25) is 0 Å². The number of hydrogen-bond donors (Lipinski definition) is 0. The Morgan fingerprint density at radius 2 is 0.763 bits per heavy atom. The molecule has 12 rings (SSSR count). The van der Waals surface area contributed by atoms with Gasteiger partial charge in [0, 0.05) is 28.5 Å². The summed E-state index contributed by atoms with van der Waals surface area (Å²) < 4.78 is 0. The molecule has 3 nitrogen and oxygen atoms in total. The average Bonchev–Trinajstić information content (AvgIpc) is 3.79. The first-order valence-electron chi connectivity index (χ1n) is 20.2. The van der Waals surface area contributed by atoms with E-state index in [-0.39, 0.29) is 0 Å². The second-order valence-corrected chi connectivity index (χ2v) is 15.5. The van der Waals surface area contributed by atoms with Crippen molar-refractivity contribution in [3.05, 3.63) is 235 Å². The molecule has 0 N–H and O–H groups in total. The van der Waals surface area contributed by atoms with Gasteiger partial charge in [0.15, 0.2) is 5.82 Å². The maximum atomic E-state index is 5.61. The monoisotopic (exact) mass is 749 g/mol. The van der Waals surface area contributed by atoms with Crippen molar-refractivity contribution in [2.45, 2.75) is 5.41 Å². The Labute approximate surface area is 343 Å². The number of aromatic nitrogens is 3. The van der Waals surface area contributed by atoms with Crippen LogP contribution in [0, 0.1) is 0 Å². The maximum Gasteiger partial charge on any atom is 0.160 e. The van der Waals surface area contributed by atoms with Crippen molar-refractivity contribution < 1.29 is 0 Å². The molecule has 0 saturated carbocycles. The molecule has 1 spiro atoms. The van der Waals surface area contributed by atoms with Crippen LogP contribution in [0.3, 0.4) is 0 Å². The lowest BCUT2D eigenvalue weighted by Crippen LogP contribution is -2.27. The molecule has 0 bridgehead atoms. The van der Waals surface area contributed by atoms with Crippen LogP contribution in [-0.2, 0) is 5.41 Å². The predicted molar refractivity (Wildman–Crippen MR) is 241 cm³/mol. The molecule has 0 aliphatic heterocycles. The molecule has 0 fully saturated rings. The molecule has 0 amide bonds. The Balaban J connectivity index is 0.968. The summed E-state index contributed by atoms with van der Waals surface area (Å²) in [5.41, 5.74) is 18.9. The predicted octanol–water partition coefficient (Wildman–Crippen LogP) is 13.7. The molecule has 0 atom stereocenters. The quantitative estimate of drug-likeness (QED) is 0.176. The average molecular weight is 750 g/mol. The van der Waals surface area contributed by atoms with Crippen LogP contribution in [-0.4, -0.2) is 15.0 Å². The van der Waals surface area contributed by atoms with Crippen LogP contribution in [0.1, 0.15) is 22.4 Å². The van der Waals surface area contributed by atoms with Gasteiger partial charge in [-0.25, -0.2) is 15.0 Å². The standard InChI is InChI=1S/C56H35N3/c1-3-15-36(16-4-1)40-33-52(38-17-5-2-6-18-38)58-53(34-40)39-29-27-37(28-30-39)41-31-32-47(43-20-8-7-19-42(41)43)55-57-35-48-46-23-11-14-26-51(46)56(54(48)59-55)49-24-12-9-21-44(49)45-22-10-13-25-50(45)56/h1-35H. The van der Waals surface area contributed by atoms with E-state index in [1.54, 1.807) is 0 Å². The molecule has 2 aliphatic rings. The van der Waals surface area contributed by atoms with E-state index in [0.717, 1.165) is 72.6 Å². The van der Waals surface area contributed by atoms with E-state index in [1.165, 1.54) is 38.9 Å². The molecule has 0 saturated heterocycles. The normalized spacial score (nSPS) is 12.9. The molecule has 274 valence electrons. The molecule has 2 aromatic heterocycles. The summed E-state index contributed by atoms with van der Waals surface area (Å²) in [7, 11) is 0. The van der Waals surface area contributed by atoms with Crippen LogP contribution in [0.5, 0.6) is 0 Å². The van der Waals surface area contributed by atoms with Crippen LogP contribution >= 0.6 is 0 Å². The molecule has 3 heteroatoms. The first kappa shape index (κ1) is 33.4. The lowest BCUT2D eigenvalue weighted by molar-refractivity contribution is 0.758. The topological polar surface area (TPSA) is 38.7 Å². The Hall–Kier alpha value is -7.75. The third-order valence-electron chi connectivity index (χ3n) is 12.4. The van der Waals surface area contributed by atoms with Crippen LogP contribution in [0.25, 0.3) is 89.2 Å². The Morgan fingerprint density at radius 1 is 0.305 bits per heavy atom. The fraction of sp³-hybridized carbons (Fsp3) is 0.0179. The molecular weight excluding hydrogens is 715 g/mol. The number of rotatable bonds is 5. The van der Waals surface area contributed by atoms with Gasteiger partial charge in [-0.3, -0.25) is 0 Å². The summed E-state index contributed by atoms with van der Waals surface area (Å²) in [6.45, 7) is 0. The van der Waals surface area contributed by atoms with Gasteiger partial charge in [0.05, 0.1) is 22.5 Å². The van der Waals surface area contributed by atoms with Crippen molar-refractivity contribution in [3.8, 4) is 78.4 Å². The van der Waals surface area contributed by atoms with E-state index in [4.69, 9.17) is 15.0 Å². The van der Waals surface area contributed by atoms with Gasteiger partial charge in [-0.1, -0.05) is 188 Å². The number of hydrogen-bond acceptors (Lipinski definition) is 3. The zero-order chi connectivity index (χ0) is 38.9. The van der Waals surface area contributed by atoms with Gasteiger partial charge >= 0.3 is 0 Å². The molecule has 2 heterocycles. The molecule has 10 aromatic rings. The summed E-state index contributed by atoms with van der Waals surface area (Å²) in [6, 6.07) is 73.7. The van der Waals surface area contributed by atoms with Crippen molar-refractivity contribution in [2.24, 2.45) is 0 Å². The number of nitrogens with zero attached hydrogens (tertiary/aromatic N) is 3. The highest BCUT2D eigenvalue weighted by molar-refractivity contribution is 6.04. The highest BCUT2D eigenvalue weighted by Crippen LogP contribution is 2.62. The molecular formula is C56H35N3. The number of pyridine rings is 1. The minimum Gasteiger partial charge on any atom is -0.248 e. The first-order valence-corrected chi connectivity index (χ1v) is 20.2. The van der Waals surface area contributed by atoms with E-state index < -0.39 is 5.41 Å². The lowest BCUT2D eigenvalue weighted by Gasteiger charge is -2.29. The fourth-order valence-electron chi connectivity index (χ4n) is 9.75. The summed E-state index contributed by atoms with van der Waals surface area (Å²) in [5, 5.41) is 2.28. The second-order valence-electron chi connectivity index (χ2n) is 15.5. The SMILES string of the molecule is c1ccc(-c2cc(-c3ccccc3)nc(-c3ccc(-c4ccc(-c5ncc6c(n5)C5(c7ccccc7-c7ccccc75)c5ccccc5-6)c5ccccc45)cc3)c2)cc1. The van der Waals surface area contributed by atoms with Gasteiger partial charge in [0.25, 0.3) is 0 Å². The van der Waals surface area contributed by atoms with Crippen LogP contribution in [0.4, 0.5) is 0 Å². The zero-order valence-electron chi connectivity index (χ0n) is 32.0. The van der Waals surface area contributed by atoms with E-state index in [0.29, 0.717) is 0 Å². The Bertz CT molecular complexity index is 3140. The van der Waals surface area contributed by atoms with Gasteiger partial charge in [-0.05, 0) is 84.6 Å². The highest BCUT2D eigenvalue weighted by Gasteiger charge is 2.53. The molecule has 0 unspecified atom stereocenters. The molecule has 2 aliphatic carbocycles. The van der Waals surface area contributed by atoms with Gasteiger partial charge < -0.3 is 0 Å². The lowest BCUT2D eigenvalue weighted by atomic mass is 9.72. The number of benzene rings is 8. The minimum atomic E-state index is -0.522. The number of fused-ring (bicyclic) bond motifs is 11. The molecule has 59 heavy (non-hydrogen) atoms. The van der Waals surface area contributed by atoms with Gasteiger partial charge in [-0.2, -0.15) is 0 Å². The Kier molecular flexibility index (Phi) is 7.45. The van der Waals surface area contributed by atoms with Gasteiger partial charge in [0.1, 0.15) is 0 Å². The van der Waals surface area contributed by atoms with Crippen molar-refractivity contribution in [2.75, 3.05) is 0 Å². The smallest absolute Gasteiger partial charge is 0.160 e. The van der Waals surface area contributed by atoms with E-state index in [1.807, 2.05) is 6.07 Å². The van der Waals surface area contributed by atoms with Crippen LogP contribution < -0.4 is 0 Å². The third kappa shape index (κ3) is 5.05. The summed E-state index contributed by atoms with van der Waals surface area (Å²) in [6.07, 6.45) is 2.06. The second kappa shape index (κ2) is 13.2. The third-order valence-corrected chi connectivity index (χ3v) is 12.4. The Morgan fingerprint density at radius 3 is 1.37 bits per heavy atom. The van der Waals surface area contributed by atoms with E-state index >= 15 is 0 Å². The van der Waals surface area contributed by atoms with E-state index in [9.17, 15) is 0 Å². The largest absolute Gasteiger partial charge is 0.248 e. The minimum absolute atomic E-state index is 0.522. The first-order chi connectivity index (χ1) is 29.3. The molecule has 0 radical (unpaired) electrons. The van der Waals surface area contributed by atoms with Crippen molar-refractivity contribution in [1.29, 1.82) is 0 Å². The fourth-order valence-corrected chi connectivity index (χ4v) is 9.75. The van der Waals surface area contributed by atoms with Crippen molar-refractivity contribution in [1.82, 2.24) is 15.0 Å². The van der Waals surface area contributed by atoms with Gasteiger partial charge in [-0.15, -0.1) is 0 Å². The highest BCUT2D eigenvalue weighted by atomic mass is 14.9. The van der Waals surface area contributed by atoms with E-state index in [2.05, 4.69) is 206 Å². The van der Waals surface area contributed by atoms with Crippen molar-refractivity contribution >= 4 is 10.8 Å². The zero-order valence-corrected chi connectivity index (χ0v) is 32.0. The maximum absolute atomic E-state index is 5.61. The van der Waals surface area contributed by atoms with Crippen molar-refractivity contribution in [3.63, 3.8) is 0 Å². The molecule has 8 aromatic carbocycles.